The average Bonchev–Trinajstić information content (AvgIpc) is 2.78. The predicted molar refractivity (Wildman–Crippen MR) is 67.6 cm³/mol. The molecule has 1 aliphatic carbocycles. The van der Waals surface area contributed by atoms with Crippen molar-refractivity contribution in [2.45, 2.75) is 25.7 Å². The van der Waals surface area contributed by atoms with E-state index >= 15 is 0 Å². The molecule has 1 aromatic carbocycles. The van der Waals surface area contributed by atoms with Gasteiger partial charge in [0.25, 0.3) is 0 Å². The molecule has 1 atom stereocenters. The van der Waals surface area contributed by atoms with Gasteiger partial charge < -0.3 is 4.74 Å². The zero-order valence-corrected chi connectivity index (χ0v) is 10.2. The van der Waals surface area contributed by atoms with E-state index in [1.54, 1.807) is 6.08 Å². The second-order valence-electron chi connectivity index (χ2n) is 4.52. The van der Waals surface area contributed by atoms with Crippen LogP contribution in [0.3, 0.4) is 0 Å². The molecule has 0 unspecified atom stereocenters. The lowest BCUT2D eigenvalue weighted by Gasteiger charge is -2.11. The van der Waals surface area contributed by atoms with Gasteiger partial charge in [0, 0.05) is 6.08 Å². The Bertz CT molecular complexity index is 406. The minimum Gasteiger partial charge on any atom is -0.466 e. The van der Waals surface area contributed by atoms with Crippen molar-refractivity contribution in [3.05, 3.63) is 47.5 Å². The van der Waals surface area contributed by atoms with Gasteiger partial charge in [-0.2, -0.15) is 0 Å². The van der Waals surface area contributed by atoms with Crippen LogP contribution in [-0.4, -0.2) is 13.1 Å². The first-order chi connectivity index (χ1) is 8.29. The first-order valence-electron chi connectivity index (χ1n) is 6.12. The number of ether oxygens (including phenoxy) is 1. The van der Waals surface area contributed by atoms with Gasteiger partial charge in [0.15, 0.2) is 0 Å². The highest BCUT2D eigenvalue weighted by atomic mass is 16.5. The maximum Gasteiger partial charge on any atom is 0.330 e. The second kappa shape index (κ2) is 5.67. The highest BCUT2D eigenvalue weighted by molar-refractivity contribution is 5.82. The third-order valence-electron chi connectivity index (χ3n) is 3.37. The average molecular weight is 230 g/mol. The summed E-state index contributed by atoms with van der Waals surface area (Å²) in [5.74, 6) is 0.288. The predicted octanol–water partition coefficient (Wildman–Crippen LogP) is 3.13. The molecule has 1 aliphatic rings. The molecule has 0 amide bonds. The fourth-order valence-electron chi connectivity index (χ4n) is 2.47. The molecule has 90 valence electrons. The number of hydrogen-bond donors (Lipinski definition) is 0. The van der Waals surface area contributed by atoms with Crippen LogP contribution < -0.4 is 0 Å². The Morgan fingerprint density at radius 2 is 2.18 bits per heavy atom. The van der Waals surface area contributed by atoms with Crippen LogP contribution in [0, 0.1) is 5.92 Å². The normalized spacial score (nSPS) is 21.7. The Morgan fingerprint density at radius 1 is 1.41 bits per heavy atom. The molecule has 0 N–H and O–H groups in total. The van der Waals surface area contributed by atoms with E-state index in [2.05, 4.69) is 24.3 Å². The van der Waals surface area contributed by atoms with Crippen molar-refractivity contribution in [3.63, 3.8) is 0 Å². The van der Waals surface area contributed by atoms with Gasteiger partial charge in [-0.3, -0.25) is 0 Å². The molecule has 1 aromatic rings. The third-order valence-corrected chi connectivity index (χ3v) is 3.37. The molecular formula is C15H18O2. The third kappa shape index (κ3) is 3.19. The molecule has 0 spiro atoms. The molecule has 1 saturated carbocycles. The first-order valence-corrected chi connectivity index (χ1v) is 6.12. The zero-order chi connectivity index (χ0) is 12.1. The Balaban J connectivity index is 2.05. The van der Waals surface area contributed by atoms with Gasteiger partial charge in [-0.1, -0.05) is 35.9 Å². The molecule has 1 fully saturated rings. The van der Waals surface area contributed by atoms with Crippen LogP contribution in [0.4, 0.5) is 0 Å². The van der Waals surface area contributed by atoms with Crippen LogP contribution in [0.25, 0.3) is 0 Å². The van der Waals surface area contributed by atoms with Crippen molar-refractivity contribution in [1.29, 1.82) is 0 Å². The van der Waals surface area contributed by atoms with Crippen LogP contribution in [0.2, 0.25) is 0 Å². The maximum atomic E-state index is 11.3. The summed E-state index contributed by atoms with van der Waals surface area (Å²) in [5.41, 5.74) is 2.59. The molecular weight excluding hydrogens is 212 g/mol. The number of methoxy groups -OCH3 is 1. The number of esters is 1. The van der Waals surface area contributed by atoms with E-state index in [9.17, 15) is 4.79 Å². The monoisotopic (exact) mass is 230 g/mol. The fourth-order valence-corrected chi connectivity index (χ4v) is 2.47. The topological polar surface area (TPSA) is 26.3 Å². The van der Waals surface area contributed by atoms with Crippen molar-refractivity contribution >= 4 is 5.97 Å². The summed E-state index contributed by atoms with van der Waals surface area (Å²) < 4.78 is 4.70. The van der Waals surface area contributed by atoms with E-state index in [-0.39, 0.29) is 5.97 Å². The Hall–Kier alpha value is -1.57. The minimum absolute atomic E-state index is 0.222. The molecule has 2 nitrogen and oxygen atoms in total. The van der Waals surface area contributed by atoms with Gasteiger partial charge in [-0.05, 0) is 37.2 Å². The van der Waals surface area contributed by atoms with E-state index in [0.29, 0.717) is 5.92 Å². The van der Waals surface area contributed by atoms with Crippen LogP contribution in [-0.2, 0) is 16.0 Å². The molecule has 2 heteroatoms. The van der Waals surface area contributed by atoms with Crippen LogP contribution >= 0.6 is 0 Å². The van der Waals surface area contributed by atoms with Crippen LogP contribution in [0.15, 0.2) is 42.0 Å². The summed E-state index contributed by atoms with van der Waals surface area (Å²) in [6.45, 7) is 0. The lowest BCUT2D eigenvalue weighted by atomic mass is 9.94. The van der Waals surface area contributed by atoms with Crippen molar-refractivity contribution in [3.8, 4) is 0 Å². The SMILES string of the molecule is COC(=O)/C=C1\CCC[C@H]1Cc1ccccc1. The molecule has 0 bridgehead atoms. The van der Waals surface area contributed by atoms with Gasteiger partial charge in [0.05, 0.1) is 7.11 Å². The van der Waals surface area contributed by atoms with Crippen molar-refractivity contribution in [2.24, 2.45) is 5.92 Å². The Labute approximate surface area is 102 Å². The smallest absolute Gasteiger partial charge is 0.330 e. The number of allylic oxidation sites excluding steroid dienone is 1. The quantitative estimate of drug-likeness (QED) is 0.589. The molecule has 17 heavy (non-hydrogen) atoms. The Morgan fingerprint density at radius 3 is 2.88 bits per heavy atom. The standard InChI is InChI=1S/C15H18O2/c1-17-15(16)11-14-9-5-8-13(14)10-12-6-3-2-4-7-12/h2-4,6-7,11,13H,5,8-10H2,1H3/b14-11+/t13-/m0/s1. The molecule has 0 aliphatic heterocycles. The van der Waals surface area contributed by atoms with E-state index < -0.39 is 0 Å². The number of benzene rings is 1. The summed E-state index contributed by atoms with van der Waals surface area (Å²) in [4.78, 5) is 11.3. The lowest BCUT2D eigenvalue weighted by molar-refractivity contribution is -0.134. The van der Waals surface area contributed by atoms with E-state index in [1.165, 1.54) is 31.1 Å². The molecule has 0 aromatic heterocycles. The maximum absolute atomic E-state index is 11.3. The highest BCUT2D eigenvalue weighted by Gasteiger charge is 2.22. The summed E-state index contributed by atoms with van der Waals surface area (Å²) in [6, 6.07) is 10.5. The van der Waals surface area contributed by atoms with E-state index in [1.807, 2.05) is 6.07 Å². The van der Waals surface area contributed by atoms with Gasteiger partial charge in [-0.25, -0.2) is 4.79 Å². The van der Waals surface area contributed by atoms with E-state index in [0.717, 1.165) is 12.8 Å². The Kier molecular flexibility index (Phi) is 3.97. The van der Waals surface area contributed by atoms with Crippen molar-refractivity contribution in [1.82, 2.24) is 0 Å². The number of hydrogen-bond acceptors (Lipinski definition) is 2. The summed E-state index contributed by atoms with van der Waals surface area (Å²) in [5, 5.41) is 0. The van der Waals surface area contributed by atoms with Crippen LogP contribution in [0.1, 0.15) is 24.8 Å². The summed E-state index contributed by atoms with van der Waals surface area (Å²) in [6.07, 6.45) is 6.11. The molecule has 2 rings (SSSR count). The first kappa shape index (κ1) is 11.9. The largest absolute Gasteiger partial charge is 0.466 e. The number of carbonyl (C=O) groups is 1. The van der Waals surface area contributed by atoms with Gasteiger partial charge >= 0.3 is 5.97 Å². The molecule has 0 saturated heterocycles. The summed E-state index contributed by atoms with van der Waals surface area (Å²) >= 11 is 0. The zero-order valence-electron chi connectivity index (χ0n) is 10.2. The molecule has 0 heterocycles. The second-order valence-corrected chi connectivity index (χ2v) is 4.52. The lowest BCUT2D eigenvalue weighted by Crippen LogP contribution is -2.05. The number of carbonyl (C=O) groups excluding carboxylic acids is 1. The van der Waals surface area contributed by atoms with E-state index in [4.69, 9.17) is 4.74 Å². The highest BCUT2D eigenvalue weighted by Crippen LogP contribution is 2.33. The summed E-state index contributed by atoms with van der Waals surface area (Å²) in [7, 11) is 1.43. The molecule has 0 radical (unpaired) electrons. The fraction of sp³-hybridized carbons (Fsp3) is 0.400. The number of rotatable bonds is 3. The minimum atomic E-state index is -0.222. The van der Waals surface area contributed by atoms with Crippen LogP contribution in [0.5, 0.6) is 0 Å². The van der Waals surface area contributed by atoms with Crippen molar-refractivity contribution < 1.29 is 9.53 Å². The van der Waals surface area contributed by atoms with Gasteiger partial charge in [0.1, 0.15) is 0 Å². The van der Waals surface area contributed by atoms with Gasteiger partial charge in [-0.15, -0.1) is 0 Å². The van der Waals surface area contributed by atoms with Gasteiger partial charge in [0.2, 0.25) is 0 Å². The van der Waals surface area contributed by atoms with Crippen molar-refractivity contribution in [2.75, 3.05) is 7.11 Å².